The fourth-order valence-electron chi connectivity index (χ4n) is 0.765. The molecule has 0 amide bonds. The molecule has 0 unspecified atom stereocenters. The van der Waals surface area contributed by atoms with Gasteiger partial charge in [-0.15, -0.1) is 0 Å². The molecule has 0 aromatic heterocycles. The molecule has 0 heterocycles. The van der Waals surface area contributed by atoms with Gasteiger partial charge in [0.2, 0.25) is 0 Å². The van der Waals surface area contributed by atoms with Gasteiger partial charge in [-0.3, -0.25) is 9.59 Å². The Morgan fingerprint density at radius 1 is 1.36 bits per heavy atom. The number of halogens is 1. The topological polar surface area (TPSA) is 38.5 Å². The summed E-state index contributed by atoms with van der Waals surface area (Å²) in [5, 5.41) is 0. The van der Waals surface area contributed by atoms with Crippen LogP contribution in [0, 0.1) is 5.82 Å². The van der Waals surface area contributed by atoms with Crippen molar-refractivity contribution in [3.8, 4) is 0 Å². The Labute approximate surface area is 62.6 Å². The molecule has 0 aliphatic carbocycles. The number of rotatable bonds is 2. The molecule has 0 radical (unpaired) electrons. The minimum absolute atomic E-state index is 0.194. The Hall–Kier alpha value is -1.51. The second-order valence-corrected chi connectivity index (χ2v) is 2.02. The van der Waals surface area contributed by atoms with Crippen LogP contribution in [-0.2, 0) is 0 Å². The summed E-state index contributed by atoms with van der Waals surface area (Å²) in [6.07, 6.45) is 1.26. The van der Waals surface area contributed by atoms with Crippen molar-refractivity contribution < 1.29 is 14.0 Å². The van der Waals surface area contributed by atoms with Crippen LogP contribution in [0.2, 0.25) is 0 Å². The molecule has 0 aliphatic rings. The minimum atomic E-state index is -0.476. The van der Waals surface area contributed by atoms with E-state index in [1.54, 1.807) is 0 Å². The third-order valence-electron chi connectivity index (χ3n) is 1.31. The van der Waals surface area contributed by atoms with Gasteiger partial charge in [0.15, 0.2) is 6.29 Å². The molecule has 0 spiro atoms. The molecule has 0 atom stereocenters. The van der Waals surface area contributed by atoms with Gasteiger partial charge in [-0.25, -0.2) is 4.39 Å². The maximum atomic E-state index is 12.4. The van der Waals surface area contributed by atoms with Crippen molar-refractivity contribution in [1.82, 2.24) is 0 Å². The Morgan fingerprint density at radius 3 is 2.64 bits per heavy atom. The van der Waals surface area contributed by atoms with E-state index in [1.807, 2.05) is 0 Å². The van der Waals surface area contributed by atoms with Crippen LogP contribution in [0.25, 0.3) is 0 Å². The van der Waals surface area contributed by atoms with Crippen LogP contribution in [0.5, 0.6) is 0 Å². The predicted molar refractivity (Wildman–Crippen MR) is 38.9 cm³/mol. The van der Waals surface area contributed by atoms with Crippen molar-refractivity contribution in [2.24, 2.45) is 0 Å². The minimum Gasteiger partial charge on any atom is -0.298 e. The van der Waals surface area contributed by atoms with Gasteiger partial charge >= 0.3 is 6.29 Å². The summed E-state index contributed by atoms with van der Waals surface area (Å²) in [7, 11) is 0. The van der Waals surface area contributed by atoms with Gasteiger partial charge < -0.3 is 0 Å². The SMILES string of the molecule is O=Cc1ccc(F)cc1C=[OH+]. The zero-order valence-corrected chi connectivity index (χ0v) is 5.62. The summed E-state index contributed by atoms with van der Waals surface area (Å²) < 4.78 is 12.4. The molecule has 1 rings (SSSR count). The van der Waals surface area contributed by atoms with Gasteiger partial charge in [0, 0.05) is 5.56 Å². The first-order valence-electron chi connectivity index (χ1n) is 3.00. The van der Waals surface area contributed by atoms with E-state index in [4.69, 9.17) is 4.79 Å². The zero-order valence-electron chi connectivity index (χ0n) is 5.62. The zero-order chi connectivity index (χ0) is 8.27. The highest BCUT2D eigenvalue weighted by atomic mass is 19.1. The lowest BCUT2D eigenvalue weighted by molar-refractivity contribution is 0.112. The summed E-state index contributed by atoms with van der Waals surface area (Å²) in [5.74, 6) is -0.476. The van der Waals surface area contributed by atoms with E-state index in [9.17, 15) is 9.18 Å². The third kappa shape index (κ3) is 1.49. The van der Waals surface area contributed by atoms with Crippen LogP contribution >= 0.6 is 0 Å². The molecule has 1 N–H and O–H groups in total. The van der Waals surface area contributed by atoms with Crippen LogP contribution < -0.4 is 0 Å². The lowest BCUT2D eigenvalue weighted by Crippen LogP contribution is -1.91. The fraction of sp³-hybridized carbons (Fsp3) is 0. The molecule has 0 aliphatic heterocycles. The maximum Gasteiger partial charge on any atom is 0.313 e. The van der Waals surface area contributed by atoms with Crippen molar-refractivity contribution >= 4 is 12.6 Å². The lowest BCUT2D eigenvalue weighted by atomic mass is 10.1. The van der Waals surface area contributed by atoms with Gasteiger partial charge in [0.25, 0.3) is 0 Å². The van der Waals surface area contributed by atoms with E-state index in [0.717, 1.165) is 12.1 Å². The van der Waals surface area contributed by atoms with Crippen LogP contribution in [0.3, 0.4) is 0 Å². The Morgan fingerprint density at radius 2 is 2.09 bits per heavy atom. The molecular formula is C8H6FO2+. The highest BCUT2D eigenvalue weighted by molar-refractivity contribution is 5.90. The van der Waals surface area contributed by atoms with Crippen molar-refractivity contribution in [3.63, 3.8) is 0 Å². The van der Waals surface area contributed by atoms with Crippen LogP contribution in [0.4, 0.5) is 4.39 Å². The number of aldehydes is 2. The van der Waals surface area contributed by atoms with E-state index in [1.165, 1.54) is 6.07 Å². The number of carbonyl (C=O) groups excluding carboxylic acids is 2. The van der Waals surface area contributed by atoms with Crippen molar-refractivity contribution in [2.75, 3.05) is 0 Å². The first kappa shape index (κ1) is 7.60. The molecular weight excluding hydrogens is 147 g/mol. The number of carbonyl (C=O) groups is 1. The average molecular weight is 153 g/mol. The van der Waals surface area contributed by atoms with Gasteiger partial charge in [-0.1, -0.05) is 0 Å². The van der Waals surface area contributed by atoms with Gasteiger partial charge in [-0.2, -0.15) is 0 Å². The molecule has 2 nitrogen and oxygen atoms in total. The summed E-state index contributed by atoms with van der Waals surface area (Å²) in [5.41, 5.74) is 0.467. The summed E-state index contributed by atoms with van der Waals surface area (Å²) in [6.45, 7) is 0. The van der Waals surface area contributed by atoms with E-state index < -0.39 is 5.82 Å². The Kier molecular flexibility index (Phi) is 2.11. The summed E-state index contributed by atoms with van der Waals surface area (Å²) >= 11 is 0. The number of benzene rings is 1. The molecule has 56 valence electrons. The van der Waals surface area contributed by atoms with Gasteiger partial charge in [0.05, 0.1) is 5.56 Å². The summed E-state index contributed by atoms with van der Waals surface area (Å²) in [6, 6.07) is 3.56. The summed E-state index contributed by atoms with van der Waals surface area (Å²) in [4.78, 5) is 18.8. The molecule has 1 aromatic rings. The molecule has 0 saturated carbocycles. The maximum absolute atomic E-state index is 12.4. The highest BCUT2D eigenvalue weighted by Gasteiger charge is 2.03. The average Bonchev–Trinajstić information content (AvgIpc) is 2.04. The predicted octanol–water partition coefficient (Wildman–Crippen LogP) is 1.16. The lowest BCUT2D eigenvalue weighted by Gasteiger charge is -1.91. The first-order chi connectivity index (χ1) is 5.27. The van der Waals surface area contributed by atoms with Gasteiger partial charge in [-0.05, 0) is 18.2 Å². The highest BCUT2D eigenvalue weighted by Crippen LogP contribution is 2.05. The Bertz CT molecular complexity index is 294. The van der Waals surface area contributed by atoms with E-state index in [-0.39, 0.29) is 11.1 Å². The number of hydrogen-bond donors (Lipinski definition) is 0. The molecule has 0 bridgehead atoms. The quantitative estimate of drug-likeness (QED) is 0.464. The monoisotopic (exact) mass is 153 g/mol. The van der Waals surface area contributed by atoms with Crippen LogP contribution in [-0.4, -0.2) is 17.4 Å². The second-order valence-electron chi connectivity index (χ2n) is 2.02. The standard InChI is InChI=1S/C8H5FO2/c9-8-2-1-6(4-10)7(3-8)5-11/h1-5H/p+1. The molecule has 0 fully saturated rings. The fourth-order valence-corrected chi connectivity index (χ4v) is 0.765. The first-order valence-corrected chi connectivity index (χ1v) is 3.00. The number of hydrogen-bond acceptors (Lipinski definition) is 1. The van der Waals surface area contributed by atoms with Crippen LogP contribution in [0.15, 0.2) is 18.2 Å². The second kappa shape index (κ2) is 3.05. The normalized spacial score (nSPS) is 9.18. The van der Waals surface area contributed by atoms with E-state index >= 15 is 0 Å². The van der Waals surface area contributed by atoms with Crippen molar-refractivity contribution in [2.45, 2.75) is 0 Å². The molecule has 0 saturated heterocycles. The van der Waals surface area contributed by atoms with Crippen molar-refractivity contribution in [3.05, 3.63) is 35.1 Å². The molecule has 1 aromatic carbocycles. The van der Waals surface area contributed by atoms with E-state index in [2.05, 4.69) is 0 Å². The van der Waals surface area contributed by atoms with Crippen LogP contribution in [0.1, 0.15) is 15.9 Å². The van der Waals surface area contributed by atoms with E-state index in [0.29, 0.717) is 12.6 Å². The van der Waals surface area contributed by atoms with Gasteiger partial charge in [0.1, 0.15) is 5.82 Å². The molecule has 11 heavy (non-hydrogen) atoms. The molecule has 3 heteroatoms. The smallest absolute Gasteiger partial charge is 0.298 e. The van der Waals surface area contributed by atoms with Crippen molar-refractivity contribution in [1.29, 1.82) is 0 Å². The largest absolute Gasteiger partial charge is 0.313 e. The Balaban J connectivity index is 3.26. The third-order valence-corrected chi connectivity index (χ3v) is 1.31.